The van der Waals surface area contributed by atoms with E-state index in [0.29, 0.717) is 11.4 Å². The summed E-state index contributed by atoms with van der Waals surface area (Å²) in [7, 11) is 0. The first-order chi connectivity index (χ1) is 8.60. The van der Waals surface area contributed by atoms with Gasteiger partial charge in [-0.3, -0.25) is 4.79 Å². The van der Waals surface area contributed by atoms with Gasteiger partial charge < -0.3 is 14.8 Å². The van der Waals surface area contributed by atoms with Gasteiger partial charge in [-0.2, -0.15) is 0 Å². The van der Waals surface area contributed by atoms with Crippen LogP contribution in [0.2, 0.25) is 0 Å². The zero-order valence-corrected chi connectivity index (χ0v) is 10.5. The van der Waals surface area contributed by atoms with Gasteiger partial charge in [-0.1, -0.05) is 6.07 Å². The zero-order valence-electron chi connectivity index (χ0n) is 9.74. The number of rotatable bonds is 3. The van der Waals surface area contributed by atoms with E-state index in [0.717, 1.165) is 5.56 Å². The summed E-state index contributed by atoms with van der Waals surface area (Å²) in [5.41, 5.74) is 1.25. The van der Waals surface area contributed by atoms with Crippen LogP contribution in [0.4, 0.5) is 5.69 Å². The fourth-order valence-corrected chi connectivity index (χ4v) is 1.65. The maximum atomic E-state index is 11.8. The molecule has 2 aromatic rings. The van der Waals surface area contributed by atoms with Gasteiger partial charge in [0.2, 0.25) is 0 Å². The molecule has 2 rings (SSSR count). The monoisotopic (exact) mass is 265 g/mol. The van der Waals surface area contributed by atoms with Gasteiger partial charge in [-0.25, -0.2) is 0 Å². The number of alkyl halides is 1. The minimum atomic E-state index is -0.425. The highest BCUT2D eigenvalue weighted by atomic mass is 35.5. The number of amides is 1. The van der Waals surface area contributed by atoms with E-state index in [2.05, 4.69) is 5.32 Å². The van der Waals surface area contributed by atoms with E-state index >= 15 is 0 Å². The Morgan fingerprint density at radius 2 is 2.17 bits per heavy atom. The summed E-state index contributed by atoms with van der Waals surface area (Å²) < 4.78 is 5.20. The van der Waals surface area contributed by atoms with Gasteiger partial charge >= 0.3 is 0 Å². The van der Waals surface area contributed by atoms with Crippen LogP contribution in [0.25, 0.3) is 0 Å². The van der Waals surface area contributed by atoms with Crippen molar-refractivity contribution < 1.29 is 14.3 Å². The van der Waals surface area contributed by atoms with Crippen LogP contribution < -0.4 is 5.32 Å². The summed E-state index contributed by atoms with van der Waals surface area (Å²) in [6, 6.07) is 8.17. The van der Waals surface area contributed by atoms with E-state index < -0.39 is 5.91 Å². The Labute approximate surface area is 109 Å². The third kappa shape index (κ3) is 2.65. The van der Waals surface area contributed by atoms with Crippen molar-refractivity contribution in [2.75, 3.05) is 5.32 Å². The van der Waals surface area contributed by atoms with E-state index in [-0.39, 0.29) is 17.4 Å². The van der Waals surface area contributed by atoms with Crippen LogP contribution >= 0.6 is 11.6 Å². The lowest BCUT2D eigenvalue weighted by molar-refractivity contribution is 0.0995. The number of aryl methyl sites for hydroxylation is 1. The molecule has 18 heavy (non-hydrogen) atoms. The average Bonchev–Trinajstić information content (AvgIpc) is 2.81. The number of furan rings is 1. The number of phenols is 1. The summed E-state index contributed by atoms with van der Waals surface area (Å²) in [6.45, 7) is 1.85. The van der Waals surface area contributed by atoms with E-state index in [1.54, 1.807) is 24.3 Å². The molecule has 2 N–H and O–H groups in total. The van der Waals surface area contributed by atoms with E-state index in [1.807, 2.05) is 6.92 Å². The second-order valence-corrected chi connectivity index (χ2v) is 4.14. The van der Waals surface area contributed by atoms with Crippen LogP contribution in [0, 0.1) is 6.92 Å². The molecular formula is C13H12ClNO3. The summed E-state index contributed by atoms with van der Waals surface area (Å²) in [5.74, 6) is 0.488. The number of aromatic hydroxyl groups is 1. The zero-order chi connectivity index (χ0) is 13.1. The highest BCUT2D eigenvalue weighted by molar-refractivity contribution is 6.16. The number of phenolic OH excluding ortho intramolecular Hbond substituents is 1. The number of benzene rings is 1. The smallest absolute Gasteiger partial charge is 0.291 e. The topological polar surface area (TPSA) is 62.5 Å². The summed E-state index contributed by atoms with van der Waals surface area (Å²) in [6.07, 6.45) is 0. The molecule has 0 unspecified atom stereocenters. The summed E-state index contributed by atoms with van der Waals surface area (Å²) in [4.78, 5) is 11.8. The minimum absolute atomic E-state index is 0.0208. The lowest BCUT2D eigenvalue weighted by atomic mass is 10.2. The van der Waals surface area contributed by atoms with Gasteiger partial charge in [0, 0.05) is 0 Å². The molecule has 0 saturated carbocycles. The molecule has 1 heterocycles. The van der Waals surface area contributed by atoms with Crippen LogP contribution in [0.1, 0.15) is 21.9 Å². The number of nitrogens with one attached hydrogen (secondary N) is 1. The predicted octanol–water partition coefficient (Wildman–Crippen LogP) is 3.28. The molecule has 1 aromatic heterocycles. The van der Waals surface area contributed by atoms with Gasteiger partial charge in [-0.15, -0.1) is 11.6 Å². The van der Waals surface area contributed by atoms with Crippen molar-refractivity contribution in [2.45, 2.75) is 12.8 Å². The molecule has 0 saturated heterocycles. The van der Waals surface area contributed by atoms with Gasteiger partial charge in [-0.05, 0) is 36.8 Å². The highest BCUT2D eigenvalue weighted by Crippen LogP contribution is 2.24. The first-order valence-corrected chi connectivity index (χ1v) is 5.89. The maximum Gasteiger partial charge on any atom is 0.291 e. The maximum absolute atomic E-state index is 11.8. The average molecular weight is 266 g/mol. The van der Waals surface area contributed by atoms with Gasteiger partial charge in [0.1, 0.15) is 11.5 Å². The molecule has 0 atom stereocenters. The van der Waals surface area contributed by atoms with Crippen molar-refractivity contribution in [3.8, 4) is 5.75 Å². The second-order valence-electron chi connectivity index (χ2n) is 3.87. The van der Waals surface area contributed by atoms with Gasteiger partial charge in [0.05, 0.1) is 11.6 Å². The fourth-order valence-electron chi connectivity index (χ4n) is 1.50. The molecule has 1 amide bonds. The molecule has 0 aliphatic carbocycles. The van der Waals surface area contributed by atoms with Gasteiger partial charge in [0.15, 0.2) is 5.76 Å². The molecule has 0 aliphatic heterocycles. The van der Waals surface area contributed by atoms with E-state index in [4.69, 9.17) is 16.0 Å². The fraction of sp³-hybridized carbons (Fsp3) is 0.154. The molecule has 0 bridgehead atoms. The van der Waals surface area contributed by atoms with Crippen molar-refractivity contribution >= 4 is 23.2 Å². The Kier molecular flexibility index (Phi) is 3.58. The number of carbonyl (C=O) groups excluding carboxylic acids is 1. The van der Waals surface area contributed by atoms with Crippen LogP contribution in [0.5, 0.6) is 5.75 Å². The quantitative estimate of drug-likeness (QED) is 0.661. The number of hydrogen-bond acceptors (Lipinski definition) is 3. The first kappa shape index (κ1) is 12.5. The lowest BCUT2D eigenvalue weighted by Gasteiger charge is -2.06. The van der Waals surface area contributed by atoms with Crippen LogP contribution in [-0.4, -0.2) is 11.0 Å². The highest BCUT2D eigenvalue weighted by Gasteiger charge is 2.12. The molecule has 1 aromatic carbocycles. The molecule has 4 nitrogen and oxygen atoms in total. The van der Waals surface area contributed by atoms with Gasteiger partial charge in [0.25, 0.3) is 5.91 Å². The molecule has 0 fully saturated rings. The van der Waals surface area contributed by atoms with E-state index in [1.165, 1.54) is 6.07 Å². The summed E-state index contributed by atoms with van der Waals surface area (Å²) in [5, 5.41) is 12.2. The molecule has 0 radical (unpaired) electrons. The standard InChI is InChI=1S/C13H12ClNO3/c1-8-2-4-10(11(16)6-8)15-13(17)12-5-3-9(7-14)18-12/h2-6,16H,7H2,1H3,(H,15,17). The molecular weight excluding hydrogens is 254 g/mol. The largest absolute Gasteiger partial charge is 0.506 e. The molecule has 5 heteroatoms. The van der Waals surface area contributed by atoms with Crippen molar-refractivity contribution in [1.29, 1.82) is 0 Å². The van der Waals surface area contributed by atoms with Crippen molar-refractivity contribution in [3.63, 3.8) is 0 Å². The minimum Gasteiger partial charge on any atom is -0.506 e. The third-order valence-electron chi connectivity index (χ3n) is 2.42. The van der Waals surface area contributed by atoms with Crippen LogP contribution in [0.3, 0.4) is 0 Å². The Hall–Kier alpha value is -1.94. The molecule has 0 spiro atoms. The van der Waals surface area contributed by atoms with Crippen LogP contribution in [-0.2, 0) is 5.88 Å². The van der Waals surface area contributed by atoms with Crippen LogP contribution in [0.15, 0.2) is 34.7 Å². The van der Waals surface area contributed by atoms with Crippen molar-refractivity contribution in [2.24, 2.45) is 0 Å². The Morgan fingerprint density at radius 3 is 2.78 bits per heavy atom. The number of carbonyl (C=O) groups is 1. The third-order valence-corrected chi connectivity index (χ3v) is 2.68. The normalized spacial score (nSPS) is 10.3. The number of hydrogen-bond donors (Lipinski definition) is 2. The second kappa shape index (κ2) is 5.14. The predicted molar refractivity (Wildman–Crippen MR) is 69.1 cm³/mol. The van der Waals surface area contributed by atoms with E-state index in [9.17, 15) is 9.90 Å². The number of anilines is 1. The van der Waals surface area contributed by atoms with Crippen molar-refractivity contribution in [3.05, 3.63) is 47.4 Å². The first-order valence-electron chi connectivity index (χ1n) is 5.36. The SMILES string of the molecule is Cc1ccc(NC(=O)c2ccc(CCl)o2)c(O)c1. The molecule has 94 valence electrons. The Bertz CT molecular complexity index is 577. The lowest BCUT2D eigenvalue weighted by Crippen LogP contribution is -2.10. The molecule has 0 aliphatic rings. The Morgan fingerprint density at radius 1 is 1.39 bits per heavy atom. The Balaban J connectivity index is 2.16. The number of halogens is 1. The van der Waals surface area contributed by atoms with Crippen molar-refractivity contribution in [1.82, 2.24) is 0 Å². The summed E-state index contributed by atoms with van der Waals surface area (Å²) >= 11 is 5.58.